The van der Waals surface area contributed by atoms with Crippen LogP contribution in [0.1, 0.15) is 165 Å². The highest BCUT2D eigenvalue weighted by atomic mass is 35.7. The summed E-state index contributed by atoms with van der Waals surface area (Å²) in [6.45, 7) is 10.4. The fourth-order valence-electron chi connectivity index (χ4n) is 15.2. The number of nitrogens with zero attached hydrogens (tertiary/aromatic N) is 8. The number of aliphatic hydroxyl groups excluding tert-OH is 1. The van der Waals surface area contributed by atoms with Gasteiger partial charge in [-0.3, -0.25) is 67.0 Å². The zero-order chi connectivity index (χ0) is 77.9. The van der Waals surface area contributed by atoms with Gasteiger partial charge in [-0.25, -0.2) is 28.5 Å². The topological polar surface area (TPSA) is 407 Å². The predicted molar refractivity (Wildman–Crippen MR) is 404 cm³/mol. The van der Waals surface area contributed by atoms with Crippen LogP contribution in [-0.2, 0) is 92.9 Å². The number of nitrogens with one attached hydrogen (secondary N) is 4. The SMILES string of the molecule is CCC1OC(n2cc(C)c(=O)[nH]c2=O)CC1OP(=S)(OCC1OC(n2cc(C)c(=O)[nH]c2=O)CC1O)OCC1CCCN1C(C)=O.CCC1OC(n2cc(C)c(=O)[nH]c2=O)CC1OP(=S)(OCC1OC(n2cc(C)c(=O)[nH]c2=O)CC1OP1OC[C@@H]2CCCN21)OCC1CCCN1C(C)=O.ClP1OC[C@@H]2CCCN21. The van der Waals surface area contributed by atoms with Gasteiger partial charge in [0.2, 0.25) is 19.5 Å². The van der Waals surface area contributed by atoms with E-state index in [1.807, 2.05) is 13.8 Å². The third-order valence-corrected chi connectivity index (χ3v) is 29.8. The van der Waals surface area contributed by atoms with Crippen LogP contribution >= 0.6 is 40.9 Å². The molecule has 4 aromatic heterocycles. The van der Waals surface area contributed by atoms with Crippen molar-refractivity contribution in [2.45, 2.75) is 243 Å². The molecule has 10 saturated heterocycles. The summed E-state index contributed by atoms with van der Waals surface area (Å²) in [7, 11) is -2.08. The van der Waals surface area contributed by atoms with E-state index < -0.39 is 148 Å². The van der Waals surface area contributed by atoms with Gasteiger partial charge in [0, 0.05) is 125 Å². The van der Waals surface area contributed by atoms with Gasteiger partial charge in [-0.05, 0) is 127 Å². The van der Waals surface area contributed by atoms with Gasteiger partial charge >= 0.3 is 36.2 Å². The molecule has 0 aromatic carbocycles. The van der Waals surface area contributed by atoms with Crippen molar-refractivity contribution >= 4 is 76.3 Å². The molecule has 109 heavy (non-hydrogen) atoms. The van der Waals surface area contributed by atoms with Crippen LogP contribution < -0.4 is 45.0 Å². The van der Waals surface area contributed by atoms with Gasteiger partial charge in [0.15, 0.2) is 0 Å². The van der Waals surface area contributed by atoms with Crippen LogP contribution in [0.5, 0.6) is 0 Å². The third-order valence-electron chi connectivity index (χ3n) is 21.2. The number of carbonyl (C=O) groups excluding carboxylic acids is 2. The molecule has 5 N–H and O–H groups in total. The van der Waals surface area contributed by atoms with E-state index in [2.05, 4.69) is 29.3 Å². The number of hydrogen-bond acceptors (Lipinski definition) is 28. The van der Waals surface area contributed by atoms with E-state index in [0.717, 1.165) is 58.2 Å². The maximum Gasteiger partial charge on any atom is 0.330 e. The van der Waals surface area contributed by atoms with Crippen molar-refractivity contribution in [2.24, 2.45) is 0 Å². The number of aromatic amines is 4. The lowest BCUT2D eigenvalue weighted by Gasteiger charge is -2.31. The summed E-state index contributed by atoms with van der Waals surface area (Å²) in [6, 6.07) is 0.515. The molecule has 10 aliphatic heterocycles. The quantitative estimate of drug-likeness (QED) is 0.0570. The maximum atomic E-state index is 12.9. The molecule has 10 aliphatic rings. The standard InChI is InChI=1S/C33H48N6O12P2S.C28H40N5O11PS.C5H9ClNOP/c1-5-24-26(13-29(48-24)38-15-20(3)31(42)35-33(38)44)51-53(54,46-17-22-8-6-10-36(22)21(4)40)47-18-27-25(50-52-39-11-7-9-23(39)16-45-52)12-28(49-27)37-14-19(2)30(41)34-32(37)43;1-5-20-21(10-24(42-20)33-12-16(3)26(37)30-28(33)39)44-45(46,40-13-18-7-6-8-31(18)17(4)34)41-14-22-19(35)9-23(43-22)32-11-15(2)25(36)29-27(32)38;6-9-7-3-1-2-5(7)4-8-9/h14-15,22-29H,5-13,16-18H2,1-4H3,(H,34,41,43)(H,35,42,44);11-12,18-24,35H,5-10,13-14H2,1-4H3,(H,29,36,38)(H,30,37,39);5H,1-4H2/t22?,23-,24?,25?,26?,27?,28?,29?,52?,53?;;5-,9?/m0.0/s1. The predicted octanol–water partition coefficient (Wildman–Crippen LogP) is 5.10. The minimum absolute atomic E-state index is 0.0586. The van der Waals surface area contributed by atoms with Crippen LogP contribution in [0.15, 0.2) is 63.1 Å². The van der Waals surface area contributed by atoms with Crippen molar-refractivity contribution in [3.05, 3.63) is 130 Å². The second kappa shape index (κ2) is 36.5. The molecule has 36 nitrogen and oxygen atoms in total. The summed E-state index contributed by atoms with van der Waals surface area (Å²) >= 11 is 17.9. The van der Waals surface area contributed by atoms with E-state index in [1.54, 1.807) is 37.5 Å². The Morgan fingerprint density at radius 3 is 1.28 bits per heavy atom. The number of aliphatic hydroxyl groups is 1. The number of ether oxygens (including phenoxy) is 4. The van der Waals surface area contributed by atoms with Crippen LogP contribution in [0, 0.1) is 27.7 Å². The molecule has 0 spiro atoms. The molecule has 604 valence electrons. The minimum Gasteiger partial charge on any atom is -0.390 e. The number of hydrogen-bond donors (Lipinski definition) is 5. The number of halogens is 1. The Morgan fingerprint density at radius 1 is 0.505 bits per heavy atom. The van der Waals surface area contributed by atoms with E-state index >= 15 is 0 Å². The normalized spacial score (nSPS) is 32.0. The lowest BCUT2D eigenvalue weighted by Crippen LogP contribution is -2.37. The monoisotopic (exact) mass is 1660 g/mol. The van der Waals surface area contributed by atoms with Crippen molar-refractivity contribution in [1.82, 2.24) is 57.3 Å². The number of fused-ring (bicyclic) bond motifs is 2. The number of aromatic nitrogens is 8. The first kappa shape index (κ1) is 83.9. The number of amides is 2. The summed E-state index contributed by atoms with van der Waals surface area (Å²) in [5.41, 5.74) is -3.09. The van der Waals surface area contributed by atoms with Gasteiger partial charge in [-0.1, -0.05) is 13.8 Å². The molecular weight excluding hydrogens is 1570 g/mol. The van der Waals surface area contributed by atoms with E-state index in [0.29, 0.717) is 66.9 Å². The fraction of sp³-hybridized carbons (Fsp3) is 0.727. The number of aryl methyl sites for hydroxylation is 4. The number of likely N-dealkylation sites (tertiary alicyclic amines) is 2. The summed E-state index contributed by atoms with van der Waals surface area (Å²) in [5, 5.41) is 10.8. The Bertz CT molecular complexity index is 4530. The molecule has 10 fully saturated rings. The smallest absolute Gasteiger partial charge is 0.330 e. The lowest BCUT2D eigenvalue weighted by molar-refractivity contribution is -0.131. The van der Waals surface area contributed by atoms with Gasteiger partial charge in [0.25, 0.3) is 30.8 Å². The number of carbonyl (C=O) groups is 2. The third kappa shape index (κ3) is 19.9. The Labute approximate surface area is 644 Å². The van der Waals surface area contributed by atoms with Crippen LogP contribution in [-0.4, -0.2) is 213 Å². The van der Waals surface area contributed by atoms with Gasteiger partial charge < -0.3 is 74.6 Å². The fourth-order valence-corrected chi connectivity index (χ4v) is 23.2. The molecule has 0 aliphatic carbocycles. The average molecular weight is 1670 g/mol. The van der Waals surface area contributed by atoms with E-state index in [1.165, 1.54) is 69.7 Å². The molecule has 0 saturated carbocycles. The van der Waals surface area contributed by atoms with Gasteiger partial charge in [0.1, 0.15) is 37.1 Å². The van der Waals surface area contributed by atoms with Crippen molar-refractivity contribution in [1.29, 1.82) is 0 Å². The minimum atomic E-state index is -3.64. The van der Waals surface area contributed by atoms with Crippen LogP contribution in [0.25, 0.3) is 0 Å². The molecule has 0 radical (unpaired) electrons. The zero-order valence-electron chi connectivity index (χ0n) is 61.9. The maximum absolute atomic E-state index is 12.9. The highest BCUT2D eigenvalue weighted by molar-refractivity contribution is 8.07. The number of rotatable bonds is 24. The zero-order valence-corrected chi connectivity index (χ0v) is 67.9. The first-order chi connectivity index (χ1) is 52.0. The first-order valence-corrected chi connectivity index (χ1v) is 45.3. The van der Waals surface area contributed by atoms with Crippen LogP contribution in [0.3, 0.4) is 0 Å². The molecule has 14 rings (SSSR count). The molecule has 0 bridgehead atoms. The van der Waals surface area contributed by atoms with Crippen LogP contribution in [0.2, 0.25) is 0 Å². The second-order valence-electron chi connectivity index (χ2n) is 28.8. The Morgan fingerprint density at radius 2 is 0.862 bits per heavy atom. The highest BCUT2D eigenvalue weighted by Crippen LogP contribution is 2.59. The van der Waals surface area contributed by atoms with Crippen molar-refractivity contribution in [3.8, 4) is 0 Å². The summed E-state index contributed by atoms with van der Waals surface area (Å²) < 4.78 is 90.7. The van der Waals surface area contributed by atoms with Gasteiger partial charge in [0.05, 0.1) is 88.3 Å². The highest BCUT2D eigenvalue weighted by Gasteiger charge is 2.49. The molecule has 43 heteroatoms. The van der Waals surface area contributed by atoms with Crippen molar-refractivity contribution < 1.29 is 74.4 Å². The summed E-state index contributed by atoms with van der Waals surface area (Å²) in [6.07, 6.45) is 6.60. The second-order valence-corrected chi connectivity index (χ2v) is 38.2. The van der Waals surface area contributed by atoms with Crippen molar-refractivity contribution in [3.63, 3.8) is 0 Å². The van der Waals surface area contributed by atoms with E-state index in [4.69, 9.17) is 94.5 Å². The summed E-state index contributed by atoms with van der Waals surface area (Å²) in [5.74, 6) is -0.146. The largest absolute Gasteiger partial charge is 0.390 e. The summed E-state index contributed by atoms with van der Waals surface area (Å²) in [4.78, 5) is 136. The average Bonchev–Trinajstić information content (AvgIpc) is 1.65. The van der Waals surface area contributed by atoms with E-state index in [-0.39, 0.29) is 76.0 Å². The molecule has 20 atom stereocenters. The van der Waals surface area contributed by atoms with Crippen LogP contribution in [0.4, 0.5) is 0 Å². The van der Waals surface area contributed by atoms with Gasteiger partial charge in [-0.15, -0.1) is 0 Å². The first-order valence-electron chi connectivity index (χ1n) is 37.0. The van der Waals surface area contributed by atoms with E-state index in [9.17, 15) is 53.1 Å². The number of H-pyrrole nitrogens is 4. The van der Waals surface area contributed by atoms with Gasteiger partial charge in [-0.2, -0.15) is 0 Å². The Balaban J connectivity index is 0.000000183. The lowest BCUT2D eigenvalue weighted by atomic mass is 10.1. The Hall–Kier alpha value is -4.53. The van der Waals surface area contributed by atoms with Crippen molar-refractivity contribution in [2.75, 3.05) is 65.8 Å². The molecule has 14 heterocycles. The molecule has 4 aromatic rings. The molecule has 2 amide bonds. The Kier molecular flexibility index (Phi) is 28.1. The molecule has 18 unspecified atom stereocenters. The molecular formula is C66H97ClN12O24P4S2.